The van der Waals surface area contributed by atoms with E-state index in [1.807, 2.05) is 48.5 Å². The lowest BCUT2D eigenvalue weighted by atomic mass is 10.2. The summed E-state index contributed by atoms with van der Waals surface area (Å²) in [5, 5.41) is 0. The SMILES string of the molecule is O=S(=O)(CCc1ccccn1)Cc1ccccc1. The molecule has 1 aromatic heterocycles. The molecule has 0 N–H and O–H groups in total. The van der Waals surface area contributed by atoms with Gasteiger partial charge in [0.1, 0.15) is 0 Å². The maximum absolute atomic E-state index is 11.9. The van der Waals surface area contributed by atoms with Gasteiger partial charge < -0.3 is 0 Å². The zero-order valence-electron chi connectivity index (χ0n) is 9.99. The summed E-state index contributed by atoms with van der Waals surface area (Å²) >= 11 is 0. The standard InChI is InChI=1S/C14H15NO2S/c16-18(17,12-13-6-2-1-3-7-13)11-9-14-8-4-5-10-15-14/h1-8,10H,9,11-12H2. The van der Waals surface area contributed by atoms with Crippen molar-refractivity contribution in [1.82, 2.24) is 4.98 Å². The first-order valence-corrected chi connectivity index (χ1v) is 7.62. The molecule has 0 unspecified atom stereocenters. The average molecular weight is 261 g/mol. The van der Waals surface area contributed by atoms with Gasteiger partial charge in [0.05, 0.1) is 11.5 Å². The maximum Gasteiger partial charge on any atom is 0.154 e. The molecule has 0 aliphatic rings. The van der Waals surface area contributed by atoms with Gasteiger partial charge in [-0.25, -0.2) is 8.42 Å². The van der Waals surface area contributed by atoms with Gasteiger partial charge >= 0.3 is 0 Å². The van der Waals surface area contributed by atoms with Crippen LogP contribution in [0.25, 0.3) is 0 Å². The third-order valence-corrected chi connectivity index (χ3v) is 4.22. The van der Waals surface area contributed by atoms with Crippen molar-refractivity contribution in [1.29, 1.82) is 0 Å². The molecule has 94 valence electrons. The number of nitrogens with zero attached hydrogens (tertiary/aromatic N) is 1. The molecule has 0 bridgehead atoms. The van der Waals surface area contributed by atoms with Crippen LogP contribution in [0.1, 0.15) is 11.3 Å². The van der Waals surface area contributed by atoms with Crippen LogP contribution in [0.5, 0.6) is 0 Å². The van der Waals surface area contributed by atoms with Crippen LogP contribution in [0.3, 0.4) is 0 Å². The van der Waals surface area contributed by atoms with E-state index >= 15 is 0 Å². The molecule has 2 aromatic rings. The molecule has 3 nitrogen and oxygen atoms in total. The summed E-state index contributed by atoms with van der Waals surface area (Å²) in [5.41, 5.74) is 1.65. The van der Waals surface area contributed by atoms with Gasteiger partial charge in [-0.3, -0.25) is 4.98 Å². The van der Waals surface area contributed by atoms with Gasteiger partial charge in [-0.2, -0.15) is 0 Å². The highest BCUT2D eigenvalue weighted by Gasteiger charge is 2.12. The molecule has 0 saturated carbocycles. The van der Waals surface area contributed by atoms with Gasteiger partial charge in [0.25, 0.3) is 0 Å². The third kappa shape index (κ3) is 3.96. The quantitative estimate of drug-likeness (QED) is 0.829. The third-order valence-electron chi connectivity index (χ3n) is 2.62. The van der Waals surface area contributed by atoms with Crippen molar-refractivity contribution in [3.05, 3.63) is 66.0 Å². The van der Waals surface area contributed by atoms with E-state index in [-0.39, 0.29) is 11.5 Å². The minimum atomic E-state index is -3.07. The number of hydrogen-bond acceptors (Lipinski definition) is 3. The van der Waals surface area contributed by atoms with Crippen LogP contribution in [0.2, 0.25) is 0 Å². The molecule has 2 rings (SSSR count). The van der Waals surface area contributed by atoms with Gasteiger partial charge in [-0.15, -0.1) is 0 Å². The van der Waals surface area contributed by atoms with Crippen molar-refractivity contribution in [2.45, 2.75) is 12.2 Å². The van der Waals surface area contributed by atoms with Crippen LogP contribution < -0.4 is 0 Å². The summed E-state index contributed by atoms with van der Waals surface area (Å²) in [7, 11) is -3.07. The van der Waals surface area contributed by atoms with Crippen LogP contribution in [0, 0.1) is 0 Å². The molecule has 1 aromatic carbocycles. The first-order chi connectivity index (χ1) is 8.66. The van der Waals surface area contributed by atoms with Gasteiger partial charge in [0.15, 0.2) is 9.84 Å². The number of rotatable bonds is 5. The van der Waals surface area contributed by atoms with Crippen molar-refractivity contribution in [2.75, 3.05) is 5.75 Å². The molecule has 1 heterocycles. The van der Waals surface area contributed by atoms with E-state index in [4.69, 9.17) is 0 Å². The number of aromatic nitrogens is 1. The second-order valence-corrected chi connectivity index (χ2v) is 6.33. The molecule has 0 saturated heterocycles. The highest BCUT2D eigenvalue weighted by atomic mass is 32.2. The summed E-state index contributed by atoms with van der Waals surface area (Å²) < 4.78 is 23.9. The average Bonchev–Trinajstić information content (AvgIpc) is 2.38. The Morgan fingerprint density at radius 3 is 2.33 bits per heavy atom. The number of hydrogen-bond donors (Lipinski definition) is 0. The molecule has 18 heavy (non-hydrogen) atoms. The Balaban J connectivity index is 1.96. The Morgan fingerprint density at radius 2 is 1.67 bits per heavy atom. The Morgan fingerprint density at radius 1 is 0.944 bits per heavy atom. The number of aryl methyl sites for hydroxylation is 1. The fraction of sp³-hybridized carbons (Fsp3) is 0.214. The molecule has 0 atom stereocenters. The van der Waals surface area contributed by atoms with E-state index in [0.29, 0.717) is 6.42 Å². The lowest BCUT2D eigenvalue weighted by molar-refractivity contribution is 0.594. The highest BCUT2D eigenvalue weighted by molar-refractivity contribution is 7.90. The monoisotopic (exact) mass is 261 g/mol. The van der Waals surface area contributed by atoms with E-state index in [0.717, 1.165) is 11.3 Å². The number of benzene rings is 1. The Bertz CT molecular complexity index is 580. The minimum Gasteiger partial charge on any atom is -0.261 e. The fourth-order valence-electron chi connectivity index (χ4n) is 1.71. The van der Waals surface area contributed by atoms with Crippen LogP contribution in [0.4, 0.5) is 0 Å². The van der Waals surface area contributed by atoms with Gasteiger partial charge in [0, 0.05) is 18.3 Å². The Kier molecular flexibility index (Phi) is 4.10. The maximum atomic E-state index is 11.9. The summed E-state index contributed by atoms with van der Waals surface area (Å²) in [6.45, 7) is 0. The molecule has 0 aliphatic heterocycles. The Hall–Kier alpha value is -1.68. The van der Waals surface area contributed by atoms with Crippen molar-refractivity contribution in [2.24, 2.45) is 0 Å². The minimum absolute atomic E-state index is 0.0979. The zero-order chi connectivity index (χ0) is 12.8. The second kappa shape index (κ2) is 5.78. The normalized spacial score (nSPS) is 11.3. The summed E-state index contributed by atoms with van der Waals surface area (Å²) in [6, 6.07) is 14.8. The predicted molar refractivity (Wildman–Crippen MR) is 71.9 cm³/mol. The van der Waals surface area contributed by atoms with Gasteiger partial charge in [0.2, 0.25) is 0 Å². The van der Waals surface area contributed by atoms with E-state index in [1.54, 1.807) is 6.20 Å². The van der Waals surface area contributed by atoms with E-state index in [9.17, 15) is 8.42 Å². The molecule has 0 radical (unpaired) electrons. The number of sulfone groups is 1. The largest absolute Gasteiger partial charge is 0.261 e. The molecule has 0 spiro atoms. The molecular weight excluding hydrogens is 246 g/mol. The lowest BCUT2D eigenvalue weighted by Crippen LogP contribution is -2.12. The topological polar surface area (TPSA) is 47.0 Å². The van der Waals surface area contributed by atoms with Crippen molar-refractivity contribution >= 4 is 9.84 Å². The van der Waals surface area contributed by atoms with Crippen molar-refractivity contribution in [3.63, 3.8) is 0 Å². The van der Waals surface area contributed by atoms with Crippen LogP contribution >= 0.6 is 0 Å². The fourth-order valence-corrected chi connectivity index (χ4v) is 3.07. The first-order valence-electron chi connectivity index (χ1n) is 5.80. The summed E-state index contributed by atoms with van der Waals surface area (Å²) in [4.78, 5) is 4.12. The molecular formula is C14H15NO2S. The van der Waals surface area contributed by atoms with Crippen molar-refractivity contribution < 1.29 is 8.42 Å². The number of pyridine rings is 1. The van der Waals surface area contributed by atoms with E-state index in [2.05, 4.69) is 4.98 Å². The summed E-state index contributed by atoms with van der Waals surface area (Å²) in [5.74, 6) is 0.236. The predicted octanol–water partition coefficient (Wildman–Crippen LogP) is 2.24. The molecule has 4 heteroatoms. The zero-order valence-corrected chi connectivity index (χ0v) is 10.8. The van der Waals surface area contributed by atoms with Gasteiger partial charge in [-0.1, -0.05) is 36.4 Å². The molecule has 0 aliphatic carbocycles. The van der Waals surface area contributed by atoms with Crippen LogP contribution in [0.15, 0.2) is 54.7 Å². The highest BCUT2D eigenvalue weighted by Crippen LogP contribution is 2.07. The molecule has 0 fully saturated rings. The van der Waals surface area contributed by atoms with Crippen LogP contribution in [-0.2, 0) is 22.0 Å². The first kappa shape index (κ1) is 12.8. The Labute approximate surface area is 107 Å². The summed E-state index contributed by atoms with van der Waals surface area (Å²) in [6.07, 6.45) is 2.15. The van der Waals surface area contributed by atoms with E-state index < -0.39 is 9.84 Å². The smallest absolute Gasteiger partial charge is 0.154 e. The lowest BCUT2D eigenvalue weighted by Gasteiger charge is -2.04. The van der Waals surface area contributed by atoms with E-state index in [1.165, 1.54) is 0 Å². The van der Waals surface area contributed by atoms with Crippen LogP contribution in [-0.4, -0.2) is 19.2 Å². The molecule has 0 amide bonds. The van der Waals surface area contributed by atoms with Gasteiger partial charge in [-0.05, 0) is 17.7 Å². The second-order valence-electron chi connectivity index (χ2n) is 4.15. The van der Waals surface area contributed by atoms with Crippen molar-refractivity contribution in [3.8, 4) is 0 Å².